The Morgan fingerprint density at radius 3 is 2.83 bits per heavy atom. The molecule has 0 unspecified atom stereocenters. The number of anilines is 1. The SMILES string of the molecule is Cn1cc(-c2nc(NCCc3cccc(F)c3)c(C(=O)NCc3cccnc3CN)cc2Cl)cn1. The van der Waals surface area contributed by atoms with Crippen molar-refractivity contribution in [3.8, 4) is 11.3 Å². The number of aromatic nitrogens is 4. The monoisotopic (exact) mass is 493 g/mol. The fourth-order valence-electron chi connectivity index (χ4n) is 3.65. The fraction of sp³-hybridized carbons (Fsp3) is 0.200. The molecule has 0 aliphatic heterocycles. The second-order valence-corrected chi connectivity index (χ2v) is 8.33. The summed E-state index contributed by atoms with van der Waals surface area (Å²) in [6.07, 6.45) is 5.65. The number of carbonyl (C=O) groups is 1. The second kappa shape index (κ2) is 11.1. The molecule has 4 N–H and O–H groups in total. The number of halogens is 2. The first-order chi connectivity index (χ1) is 16.9. The van der Waals surface area contributed by atoms with Crippen LogP contribution in [0, 0.1) is 5.82 Å². The molecule has 1 amide bonds. The van der Waals surface area contributed by atoms with Crippen LogP contribution in [0.4, 0.5) is 10.2 Å². The molecule has 0 radical (unpaired) electrons. The predicted molar refractivity (Wildman–Crippen MR) is 133 cm³/mol. The van der Waals surface area contributed by atoms with Crippen LogP contribution in [0.3, 0.4) is 0 Å². The second-order valence-electron chi connectivity index (χ2n) is 7.92. The Labute approximate surface area is 207 Å². The topological polar surface area (TPSA) is 111 Å². The first-order valence-corrected chi connectivity index (χ1v) is 11.4. The van der Waals surface area contributed by atoms with Gasteiger partial charge in [0, 0.05) is 44.6 Å². The van der Waals surface area contributed by atoms with E-state index in [2.05, 4.69) is 25.7 Å². The van der Waals surface area contributed by atoms with Gasteiger partial charge in [-0.25, -0.2) is 9.37 Å². The molecule has 3 aromatic heterocycles. The molecule has 0 saturated carbocycles. The van der Waals surface area contributed by atoms with E-state index in [-0.39, 0.29) is 24.8 Å². The molecule has 0 aliphatic rings. The van der Waals surface area contributed by atoms with E-state index in [1.54, 1.807) is 48.5 Å². The smallest absolute Gasteiger partial charge is 0.255 e. The molecular weight excluding hydrogens is 469 g/mol. The lowest BCUT2D eigenvalue weighted by molar-refractivity contribution is 0.0951. The Kier molecular flexibility index (Phi) is 7.69. The van der Waals surface area contributed by atoms with Gasteiger partial charge in [0.25, 0.3) is 5.91 Å². The van der Waals surface area contributed by atoms with Crippen LogP contribution in [0.25, 0.3) is 11.3 Å². The highest BCUT2D eigenvalue weighted by molar-refractivity contribution is 6.33. The van der Waals surface area contributed by atoms with Gasteiger partial charge in [-0.1, -0.05) is 29.8 Å². The van der Waals surface area contributed by atoms with Gasteiger partial charge in [-0.15, -0.1) is 0 Å². The lowest BCUT2D eigenvalue weighted by Gasteiger charge is -2.15. The van der Waals surface area contributed by atoms with Gasteiger partial charge in [0.15, 0.2) is 0 Å². The van der Waals surface area contributed by atoms with Gasteiger partial charge >= 0.3 is 0 Å². The largest absolute Gasteiger partial charge is 0.369 e. The third kappa shape index (κ3) is 6.00. The van der Waals surface area contributed by atoms with Crippen molar-refractivity contribution >= 4 is 23.3 Å². The number of hydrogen-bond donors (Lipinski definition) is 3. The van der Waals surface area contributed by atoms with Crippen molar-refractivity contribution in [3.63, 3.8) is 0 Å². The molecule has 10 heteroatoms. The number of nitrogens with zero attached hydrogens (tertiary/aromatic N) is 4. The van der Waals surface area contributed by atoms with Crippen LogP contribution in [0.2, 0.25) is 5.02 Å². The number of rotatable bonds is 9. The standard InChI is InChI=1S/C25H25ClFN7O/c1-34-15-18(14-32-34)23-21(26)11-20(25(35)31-13-17-5-3-8-29-22(17)12-28)24(33-23)30-9-7-16-4-2-6-19(27)10-16/h2-6,8,10-11,14-15H,7,9,12-13,28H2,1H3,(H,30,33)(H,31,35). The van der Waals surface area contributed by atoms with Crippen molar-refractivity contribution in [3.05, 3.63) is 94.3 Å². The van der Waals surface area contributed by atoms with Gasteiger partial charge in [0.05, 0.1) is 28.2 Å². The van der Waals surface area contributed by atoms with E-state index in [0.717, 1.165) is 16.7 Å². The Morgan fingerprint density at radius 2 is 2.09 bits per heavy atom. The van der Waals surface area contributed by atoms with Crippen LogP contribution in [0.5, 0.6) is 0 Å². The van der Waals surface area contributed by atoms with E-state index in [1.165, 1.54) is 12.1 Å². The Balaban J connectivity index is 1.58. The zero-order valence-electron chi connectivity index (χ0n) is 19.1. The van der Waals surface area contributed by atoms with Gasteiger partial charge in [-0.3, -0.25) is 14.5 Å². The van der Waals surface area contributed by atoms with Crippen LogP contribution < -0.4 is 16.4 Å². The van der Waals surface area contributed by atoms with Gasteiger partial charge in [-0.05, 0) is 41.8 Å². The number of nitrogens with one attached hydrogen (secondary N) is 2. The summed E-state index contributed by atoms with van der Waals surface area (Å²) in [7, 11) is 1.80. The zero-order valence-corrected chi connectivity index (χ0v) is 19.9. The summed E-state index contributed by atoms with van der Waals surface area (Å²) in [4.78, 5) is 22.0. The number of benzene rings is 1. The molecule has 0 bridgehead atoms. The van der Waals surface area contributed by atoms with Crippen LogP contribution >= 0.6 is 11.6 Å². The van der Waals surface area contributed by atoms with E-state index in [4.69, 9.17) is 17.3 Å². The number of amides is 1. The van der Waals surface area contributed by atoms with Crippen molar-refractivity contribution in [2.75, 3.05) is 11.9 Å². The Morgan fingerprint density at radius 1 is 1.23 bits per heavy atom. The fourth-order valence-corrected chi connectivity index (χ4v) is 3.91. The molecule has 35 heavy (non-hydrogen) atoms. The molecular formula is C25H25ClFN7O. The minimum Gasteiger partial charge on any atom is -0.369 e. The maximum Gasteiger partial charge on any atom is 0.255 e. The lowest BCUT2D eigenvalue weighted by atomic mass is 10.1. The summed E-state index contributed by atoms with van der Waals surface area (Å²) in [5, 5.41) is 10.6. The molecule has 1 aromatic carbocycles. The van der Waals surface area contributed by atoms with E-state index in [9.17, 15) is 9.18 Å². The first-order valence-electron chi connectivity index (χ1n) is 11.0. The van der Waals surface area contributed by atoms with Crippen molar-refractivity contribution in [2.45, 2.75) is 19.5 Å². The minimum atomic E-state index is -0.350. The lowest BCUT2D eigenvalue weighted by Crippen LogP contribution is -2.26. The van der Waals surface area contributed by atoms with Gasteiger partial charge in [0.1, 0.15) is 11.6 Å². The number of pyridine rings is 2. The molecule has 3 heterocycles. The third-order valence-corrected chi connectivity index (χ3v) is 5.70. The van der Waals surface area contributed by atoms with Crippen molar-refractivity contribution < 1.29 is 9.18 Å². The Hall–Kier alpha value is -3.82. The van der Waals surface area contributed by atoms with Gasteiger partial charge in [0.2, 0.25) is 0 Å². The zero-order chi connectivity index (χ0) is 24.8. The number of nitrogens with two attached hydrogens (primary N) is 1. The highest BCUT2D eigenvalue weighted by Crippen LogP contribution is 2.30. The molecule has 4 rings (SSSR count). The summed E-state index contributed by atoms with van der Waals surface area (Å²) in [6, 6.07) is 11.6. The van der Waals surface area contributed by atoms with Crippen molar-refractivity contribution in [2.24, 2.45) is 12.8 Å². The third-order valence-electron chi connectivity index (χ3n) is 5.41. The molecule has 4 aromatic rings. The van der Waals surface area contributed by atoms with Crippen LogP contribution in [-0.4, -0.2) is 32.2 Å². The average molecular weight is 494 g/mol. The summed E-state index contributed by atoms with van der Waals surface area (Å²) in [5.41, 5.74) is 9.64. The van der Waals surface area contributed by atoms with Crippen molar-refractivity contribution in [1.29, 1.82) is 0 Å². The molecule has 0 fully saturated rings. The average Bonchev–Trinajstić information content (AvgIpc) is 3.29. The summed E-state index contributed by atoms with van der Waals surface area (Å²) in [6.45, 7) is 0.959. The molecule has 0 spiro atoms. The quantitative estimate of drug-likeness (QED) is 0.328. The summed E-state index contributed by atoms with van der Waals surface area (Å²) in [5.74, 6) is -0.275. The highest BCUT2D eigenvalue weighted by atomic mass is 35.5. The number of carbonyl (C=O) groups excluding carboxylic acids is 1. The molecule has 180 valence electrons. The van der Waals surface area contributed by atoms with Gasteiger partial charge in [-0.2, -0.15) is 5.10 Å². The predicted octanol–water partition coefficient (Wildman–Crippen LogP) is 3.71. The normalized spacial score (nSPS) is 10.9. The molecule has 8 nitrogen and oxygen atoms in total. The Bertz CT molecular complexity index is 1340. The maximum absolute atomic E-state index is 13.5. The van der Waals surface area contributed by atoms with Crippen LogP contribution in [0.1, 0.15) is 27.2 Å². The molecule has 0 aliphatic carbocycles. The summed E-state index contributed by atoms with van der Waals surface area (Å²) >= 11 is 6.53. The molecule has 0 atom stereocenters. The maximum atomic E-state index is 13.5. The first kappa shape index (κ1) is 24.3. The number of aryl methyl sites for hydroxylation is 1. The van der Waals surface area contributed by atoms with E-state index >= 15 is 0 Å². The van der Waals surface area contributed by atoms with Crippen molar-refractivity contribution in [1.82, 2.24) is 25.1 Å². The van der Waals surface area contributed by atoms with E-state index in [1.807, 2.05) is 12.1 Å². The number of hydrogen-bond acceptors (Lipinski definition) is 6. The van der Waals surface area contributed by atoms with Crippen LogP contribution in [-0.2, 0) is 26.6 Å². The van der Waals surface area contributed by atoms with Crippen LogP contribution in [0.15, 0.2) is 61.1 Å². The highest BCUT2D eigenvalue weighted by Gasteiger charge is 2.19. The molecule has 0 saturated heterocycles. The van der Waals surface area contributed by atoms with Gasteiger partial charge < -0.3 is 16.4 Å². The minimum absolute atomic E-state index is 0.254. The summed E-state index contributed by atoms with van der Waals surface area (Å²) < 4.78 is 15.2. The van der Waals surface area contributed by atoms with E-state index < -0.39 is 0 Å². The van der Waals surface area contributed by atoms with E-state index in [0.29, 0.717) is 40.8 Å².